The molecule has 0 aliphatic rings. The molecule has 2 N–H and O–H groups in total. The van der Waals surface area contributed by atoms with E-state index in [-0.39, 0.29) is 0 Å². The van der Waals surface area contributed by atoms with Crippen LogP contribution in [-0.2, 0) is 10.0 Å². The van der Waals surface area contributed by atoms with Crippen molar-refractivity contribution < 1.29 is 31.8 Å². The lowest BCUT2D eigenvalue weighted by Crippen LogP contribution is -2.29. The third kappa shape index (κ3) is 4.44. The smallest absolute Gasteiger partial charge is 0.243 e. The number of aliphatic hydroxyl groups is 1. The summed E-state index contributed by atoms with van der Waals surface area (Å²) in [7, 11) is -1.36. The SMILES string of the molecule is COc1ccc(C(O)CNS(=O)(=O)c2ccc(F)cc2F)cc1OC. The van der Waals surface area contributed by atoms with E-state index in [1.165, 1.54) is 20.3 Å². The molecule has 1 atom stereocenters. The summed E-state index contributed by atoms with van der Waals surface area (Å²) >= 11 is 0. The predicted octanol–water partition coefficient (Wildman–Crippen LogP) is 1.99. The van der Waals surface area contributed by atoms with Crippen LogP contribution in [0.2, 0.25) is 0 Å². The van der Waals surface area contributed by atoms with Crippen LogP contribution in [0, 0.1) is 11.6 Å². The maximum Gasteiger partial charge on any atom is 0.243 e. The zero-order chi connectivity index (χ0) is 18.6. The Balaban J connectivity index is 2.14. The van der Waals surface area contributed by atoms with Crippen LogP contribution in [-0.4, -0.2) is 34.3 Å². The predicted molar refractivity (Wildman–Crippen MR) is 86.1 cm³/mol. The van der Waals surface area contributed by atoms with Gasteiger partial charge in [0.15, 0.2) is 11.5 Å². The van der Waals surface area contributed by atoms with Gasteiger partial charge in [-0.3, -0.25) is 0 Å². The van der Waals surface area contributed by atoms with Gasteiger partial charge in [-0.15, -0.1) is 0 Å². The van der Waals surface area contributed by atoms with Crippen LogP contribution < -0.4 is 14.2 Å². The third-order valence-electron chi connectivity index (χ3n) is 3.44. The van der Waals surface area contributed by atoms with Crippen LogP contribution in [0.3, 0.4) is 0 Å². The largest absolute Gasteiger partial charge is 0.493 e. The average Bonchev–Trinajstić information content (AvgIpc) is 2.58. The first-order valence-corrected chi connectivity index (χ1v) is 8.61. The van der Waals surface area contributed by atoms with Crippen molar-refractivity contribution in [3.8, 4) is 11.5 Å². The average molecular weight is 373 g/mol. The summed E-state index contributed by atoms with van der Waals surface area (Å²) in [4.78, 5) is -0.701. The second-order valence-corrected chi connectivity index (χ2v) is 6.79. The molecule has 2 aromatic carbocycles. The number of hydrogen-bond acceptors (Lipinski definition) is 5. The molecule has 1 unspecified atom stereocenters. The van der Waals surface area contributed by atoms with Gasteiger partial charge in [0.2, 0.25) is 10.0 Å². The fraction of sp³-hybridized carbons (Fsp3) is 0.250. The van der Waals surface area contributed by atoms with Gasteiger partial charge in [-0.1, -0.05) is 6.07 Å². The number of methoxy groups -OCH3 is 2. The number of ether oxygens (including phenoxy) is 2. The van der Waals surface area contributed by atoms with E-state index in [0.29, 0.717) is 23.1 Å². The Morgan fingerprint density at radius 1 is 1.08 bits per heavy atom. The number of rotatable bonds is 7. The Bertz CT molecular complexity index is 858. The highest BCUT2D eigenvalue weighted by Crippen LogP contribution is 2.30. The number of nitrogens with one attached hydrogen (secondary N) is 1. The molecule has 0 amide bonds. The van der Waals surface area contributed by atoms with Crippen LogP contribution >= 0.6 is 0 Å². The van der Waals surface area contributed by atoms with E-state index in [1.54, 1.807) is 12.1 Å². The zero-order valence-electron chi connectivity index (χ0n) is 13.5. The quantitative estimate of drug-likeness (QED) is 0.775. The van der Waals surface area contributed by atoms with Crippen molar-refractivity contribution in [1.29, 1.82) is 0 Å². The maximum absolute atomic E-state index is 13.6. The lowest BCUT2D eigenvalue weighted by atomic mass is 10.1. The third-order valence-corrected chi connectivity index (χ3v) is 4.90. The molecule has 6 nitrogen and oxygen atoms in total. The van der Waals surface area contributed by atoms with E-state index >= 15 is 0 Å². The molecule has 136 valence electrons. The van der Waals surface area contributed by atoms with Gasteiger partial charge in [-0.2, -0.15) is 0 Å². The number of hydrogen-bond donors (Lipinski definition) is 2. The highest BCUT2D eigenvalue weighted by Gasteiger charge is 2.21. The van der Waals surface area contributed by atoms with E-state index in [4.69, 9.17) is 9.47 Å². The molecular formula is C16H17F2NO5S. The molecule has 2 aromatic rings. The molecule has 0 fully saturated rings. The summed E-state index contributed by atoms with van der Waals surface area (Å²) in [5, 5.41) is 10.2. The van der Waals surface area contributed by atoms with Crippen molar-refractivity contribution in [2.45, 2.75) is 11.0 Å². The van der Waals surface area contributed by atoms with Crippen molar-refractivity contribution in [2.75, 3.05) is 20.8 Å². The summed E-state index contributed by atoms with van der Waals surface area (Å²) in [6.07, 6.45) is -1.21. The summed E-state index contributed by atoms with van der Waals surface area (Å²) in [6, 6.07) is 6.72. The van der Waals surface area contributed by atoms with Crippen molar-refractivity contribution in [3.63, 3.8) is 0 Å². The van der Waals surface area contributed by atoms with Crippen LogP contribution in [0.1, 0.15) is 11.7 Å². The lowest BCUT2D eigenvalue weighted by molar-refractivity contribution is 0.181. The van der Waals surface area contributed by atoms with Crippen molar-refractivity contribution in [1.82, 2.24) is 4.72 Å². The Labute approximate surface area is 144 Å². The van der Waals surface area contributed by atoms with Gasteiger partial charge in [-0.05, 0) is 29.8 Å². The van der Waals surface area contributed by atoms with Gasteiger partial charge in [-0.25, -0.2) is 21.9 Å². The zero-order valence-corrected chi connectivity index (χ0v) is 14.3. The monoisotopic (exact) mass is 373 g/mol. The number of aliphatic hydroxyl groups excluding tert-OH is 1. The van der Waals surface area contributed by atoms with E-state index in [2.05, 4.69) is 4.72 Å². The maximum atomic E-state index is 13.6. The van der Waals surface area contributed by atoms with E-state index in [9.17, 15) is 22.3 Å². The highest BCUT2D eigenvalue weighted by atomic mass is 32.2. The fourth-order valence-electron chi connectivity index (χ4n) is 2.14. The molecule has 0 aliphatic heterocycles. The standard InChI is InChI=1S/C16H17F2NO5S/c1-23-14-5-3-10(7-15(14)24-2)13(20)9-19-25(21,22)16-6-4-11(17)8-12(16)18/h3-8,13,19-20H,9H2,1-2H3. The molecule has 0 saturated carbocycles. The van der Waals surface area contributed by atoms with Crippen LogP contribution in [0.5, 0.6) is 11.5 Å². The molecule has 2 rings (SSSR count). The van der Waals surface area contributed by atoms with Gasteiger partial charge in [0, 0.05) is 12.6 Å². The summed E-state index contributed by atoms with van der Waals surface area (Å²) in [5.74, 6) is -1.28. The minimum atomic E-state index is -4.25. The summed E-state index contributed by atoms with van der Waals surface area (Å²) in [6.45, 7) is -0.408. The Morgan fingerprint density at radius 2 is 1.76 bits per heavy atom. The number of sulfonamides is 1. The Hall–Kier alpha value is -2.23. The first-order valence-electron chi connectivity index (χ1n) is 7.13. The summed E-state index contributed by atoms with van der Waals surface area (Å²) in [5.41, 5.74) is 0.375. The Kier molecular flexibility index (Phi) is 5.93. The molecule has 0 spiro atoms. The van der Waals surface area contributed by atoms with Crippen LogP contribution in [0.25, 0.3) is 0 Å². The minimum absolute atomic E-state index is 0.367. The van der Waals surface area contributed by atoms with Gasteiger partial charge in [0.05, 0.1) is 20.3 Å². The topological polar surface area (TPSA) is 84.9 Å². The van der Waals surface area contributed by atoms with E-state index < -0.39 is 39.2 Å². The second kappa shape index (κ2) is 7.77. The highest BCUT2D eigenvalue weighted by molar-refractivity contribution is 7.89. The molecule has 25 heavy (non-hydrogen) atoms. The van der Waals surface area contributed by atoms with Gasteiger partial charge < -0.3 is 14.6 Å². The molecule has 9 heteroatoms. The summed E-state index contributed by atoms with van der Waals surface area (Å²) < 4.78 is 63.0. The minimum Gasteiger partial charge on any atom is -0.493 e. The van der Waals surface area contributed by atoms with Crippen LogP contribution in [0.4, 0.5) is 8.78 Å². The first-order chi connectivity index (χ1) is 11.8. The lowest BCUT2D eigenvalue weighted by Gasteiger charge is -2.15. The van der Waals surface area contributed by atoms with Crippen molar-refractivity contribution in [3.05, 3.63) is 53.6 Å². The molecule has 0 saturated heterocycles. The van der Waals surface area contributed by atoms with Gasteiger partial charge >= 0.3 is 0 Å². The molecule has 0 bridgehead atoms. The second-order valence-electron chi connectivity index (χ2n) is 5.06. The normalized spacial score (nSPS) is 12.7. The van der Waals surface area contributed by atoms with Crippen LogP contribution in [0.15, 0.2) is 41.3 Å². The molecule has 0 aromatic heterocycles. The van der Waals surface area contributed by atoms with E-state index in [1.807, 2.05) is 0 Å². The van der Waals surface area contributed by atoms with E-state index in [0.717, 1.165) is 12.1 Å². The van der Waals surface area contributed by atoms with Crippen molar-refractivity contribution >= 4 is 10.0 Å². The molecular weight excluding hydrogens is 356 g/mol. The molecule has 0 heterocycles. The number of benzene rings is 2. The molecule has 0 aliphatic carbocycles. The van der Waals surface area contributed by atoms with Gasteiger partial charge in [0.25, 0.3) is 0 Å². The molecule has 0 radical (unpaired) electrons. The number of halogens is 2. The van der Waals surface area contributed by atoms with Crippen molar-refractivity contribution in [2.24, 2.45) is 0 Å². The van der Waals surface area contributed by atoms with Gasteiger partial charge in [0.1, 0.15) is 16.5 Å². The Morgan fingerprint density at radius 3 is 2.36 bits per heavy atom. The fourth-order valence-corrected chi connectivity index (χ4v) is 3.23. The first kappa shape index (κ1) is 19.1.